The predicted octanol–water partition coefficient (Wildman–Crippen LogP) is 2.61. The third kappa shape index (κ3) is 2.70. The van der Waals surface area contributed by atoms with Crippen LogP contribution in [0.25, 0.3) is 11.3 Å². The van der Waals surface area contributed by atoms with Crippen LogP contribution >= 0.6 is 0 Å². The Bertz CT molecular complexity index is 574. The number of imidazole rings is 1. The van der Waals surface area contributed by atoms with Crippen molar-refractivity contribution in [1.29, 1.82) is 0 Å². The number of nitrogens with zero attached hydrogens (tertiary/aromatic N) is 2. The number of hydrogen-bond donors (Lipinski definition) is 1. The molecule has 0 radical (unpaired) electrons. The smallest absolute Gasteiger partial charge is 0.119 e. The fourth-order valence-electron chi connectivity index (χ4n) is 2.55. The lowest BCUT2D eigenvalue weighted by molar-refractivity contribution is 0.317. The SMILES string of the molecule is CCCOc1ccc(-c2cn3c(n2)CCC(N)C3)cc1. The zero-order valence-electron chi connectivity index (χ0n) is 11.9. The van der Waals surface area contributed by atoms with Crippen LogP contribution in [0.1, 0.15) is 25.6 Å². The van der Waals surface area contributed by atoms with Gasteiger partial charge in [0.1, 0.15) is 11.6 Å². The summed E-state index contributed by atoms with van der Waals surface area (Å²) < 4.78 is 7.78. The zero-order valence-corrected chi connectivity index (χ0v) is 11.9. The summed E-state index contributed by atoms with van der Waals surface area (Å²) in [5.41, 5.74) is 8.15. The molecule has 2 N–H and O–H groups in total. The highest BCUT2D eigenvalue weighted by atomic mass is 16.5. The van der Waals surface area contributed by atoms with Gasteiger partial charge in [-0.25, -0.2) is 4.98 Å². The Morgan fingerprint density at radius 1 is 1.35 bits per heavy atom. The zero-order chi connectivity index (χ0) is 13.9. The van der Waals surface area contributed by atoms with Crippen molar-refractivity contribution < 1.29 is 4.74 Å². The van der Waals surface area contributed by atoms with E-state index in [1.807, 2.05) is 12.1 Å². The second-order valence-electron chi connectivity index (χ2n) is 5.37. The Hall–Kier alpha value is -1.81. The molecule has 3 rings (SSSR count). The molecule has 4 nitrogen and oxygen atoms in total. The van der Waals surface area contributed by atoms with Crippen LogP contribution in [-0.2, 0) is 13.0 Å². The molecule has 0 fully saturated rings. The van der Waals surface area contributed by atoms with Gasteiger partial charge < -0.3 is 15.0 Å². The highest BCUT2D eigenvalue weighted by molar-refractivity contribution is 5.59. The number of aromatic nitrogens is 2. The lowest BCUT2D eigenvalue weighted by atomic mass is 10.1. The van der Waals surface area contributed by atoms with Crippen molar-refractivity contribution in [2.45, 2.75) is 38.8 Å². The molecule has 1 aromatic heterocycles. The Morgan fingerprint density at radius 3 is 2.90 bits per heavy atom. The summed E-state index contributed by atoms with van der Waals surface area (Å²) in [5, 5.41) is 0. The molecular weight excluding hydrogens is 250 g/mol. The van der Waals surface area contributed by atoms with Crippen molar-refractivity contribution in [3.05, 3.63) is 36.3 Å². The molecule has 2 aromatic rings. The van der Waals surface area contributed by atoms with Crippen molar-refractivity contribution in [2.24, 2.45) is 5.73 Å². The van der Waals surface area contributed by atoms with Gasteiger partial charge in [0.25, 0.3) is 0 Å². The molecule has 1 aliphatic rings. The van der Waals surface area contributed by atoms with E-state index in [4.69, 9.17) is 15.5 Å². The van der Waals surface area contributed by atoms with E-state index in [0.29, 0.717) is 0 Å². The van der Waals surface area contributed by atoms with Gasteiger partial charge in [0.05, 0.1) is 12.3 Å². The summed E-state index contributed by atoms with van der Waals surface area (Å²) in [6.07, 6.45) is 5.13. The van der Waals surface area contributed by atoms with Gasteiger partial charge in [-0.3, -0.25) is 0 Å². The van der Waals surface area contributed by atoms with Crippen LogP contribution in [0.4, 0.5) is 0 Å². The molecule has 0 bridgehead atoms. The molecular formula is C16H21N3O. The van der Waals surface area contributed by atoms with E-state index < -0.39 is 0 Å². The Balaban J connectivity index is 1.79. The highest BCUT2D eigenvalue weighted by Gasteiger charge is 2.17. The number of nitrogens with two attached hydrogens (primary N) is 1. The van der Waals surface area contributed by atoms with Crippen molar-refractivity contribution in [1.82, 2.24) is 9.55 Å². The monoisotopic (exact) mass is 271 g/mol. The predicted molar refractivity (Wildman–Crippen MR) is 79.7 cm³/mol. The van der Waals surface area contributed by atoms with Crippen LogP contribution in [0.3, 0.4) is 0 Å². The molecule has 20 heavy (non-hydrogen) atoms. The highest BCUT2D eigenvalue weighted by Crippen LogP contribution is 2.24. The van der Waals surface area contributed by atoms with Crippen molar-refractivity contribution in [3.8, 4) is 17.0 Å². The fourth-order valence-corrected chi connectivity index (χ4v) is 2.55. The van der Waals surface area contributed by atoms with Crippen molar-refractivity contribution in [3.63, 3.8) is 0 Å². The van der Waals surface area contributed by atoms with E-state index in [1.165, 1.54) is 0 Å². The Kier molecular flexibility index (Phi) is 3.74. The van der Waals surface area contributed by atoms with Crippen LogP contribution in [0.2, 0.25) is 0 Å². The molecule has 0 saturated carbocycles. The maximum atomic E-state index is 6.00. The van der Waals surface area contributed by atoms with Crippen LogP contribution in [0.15, 0.2) is 30.5 Å². The number of aryl methyl sites for hydroxylation is 1. The maximum absolute atomic E-state index is 6.00. The number of rotatable bonds is 4. The van der Waals surface area contributed by atoms with E-state index in [1.54, 1.807) is 0 Å². The summed E-state index contributed by atoms with van der Waals surface area (Å²) in [6.45, 7) is 3.74. The lowest BCUT2D eigenvalue weighted by Crippen LogP contribution is -2.31. The standard InChI is InChI=1S/C16H21N3O/c1-2-9-20-14-6-3-12(4-7-14)15-11-19-10-13(17)5-8-16(19)18-15/h3-4,6-7,11,13H,2,5,8-10,17H2,1H3. The van der Waals surface area contributed by atoms with E-state index in [-0.39, 0.29) is 6.04 Å². The first-order chi connectivity index (χ1) is 9.76. The molecule has 0 spiro atoms. The van der Waals surface area contributed by atoms with Crippen molar-refractivity contribution in [2.75, 3.05) is 6.61 Å². The largest absolute Gasteiger partial charge is 0.494 e. The van der Waals surface area contributed by atoms with E-state index in [9.17, 15) is 0 Å². The normalized spacial score (nSPS) is 17.8. The molecule has 4 heteroatoms. The third-order valence-corrected chi connectivity index (χ3v) is 3.65. The molecule has 1 atom stereocenters. The Labute approximate surface area is 119 Å². The van der Waals surface area contributed by atoms with Gasteiger partial charge in [0, 0.05) is 30.8 Å². The van der Waals surface area contributed by atoms with Gasteiger partial charge in [-0.1, -0.05) is 6.92 Å². The first kappa shape index (κ1) is 13.2. The fraction of sp³-hybridized carbons (Fsp3) is 0.438. The summed E-state index contributed by atoms with van der Waals surface area (Å²) in [7, 11) is 0. The summed E-state index contributed by atoms with van der Waals surface area (Å²) in [5.74, 6) is 2.06. The van der Waals surface area contributed by atoms with Gasteiger partial charge in [-0.05, 0) is 37.1 Å². The van der Waals surface area contributed by atoms with E-state index in [2.05, 4.69) is 29.8 Å². The molecule has 1 unspecified atom stereocenters. The number of ether oxygens (including phenoxy) is 1. The Morgan fingerprint density at radius 2 is 2.15 bits per heavy atom. The number of fused-ring (bicyclic) bond motifs is 1. The first-order valence-corrected chi connectivity index (χ1v) is 7.31. The maximum Gasteiger partial charge on any atom is 0.119 e. The second kappa shape index (κ2) is 5.67. The molecule has 106 valence electrons. The third-order valence-electron chi connectivity index (χ3n) is 3.65. The van der Waals surface area contributed by atoms with Gasteiger partial charge >= 0.3 is 0 Å². The summed E-state index contributed by atoms with van der Waals surface area (Å²) in [4.78, 5) is 4.71. The molecule has 1 aromatic carbocycles. The quantitative estimate of drug-likeness (QED) is 0.930. The average molecular weight is 271 g/mol. The van der Waals surface area contributed by atoms with Gasteiger partial charge in [-0.2, -0.15) is 0 Å². The molecule has 0 amide bonds. The van der Waals surface area contributed by atoms with Crippen LogP contribution < -0.4 is 10.5 Å². The average Bonchev–Trinajstić information content (AvgIpc) is 2.88. The van der Waals surface area contributed by atoms with Gasteiger partial charge in [0.15, 0.2) is 0 Å². The van der Waals surface area contributed by atoms with Crippen LogP contribution in [-0.4, -0.2) is 22.2 Å². The summed E-state index contributed by atoms with van der Waals surface area (Å²) >= 11 is 0. The van der Waals surface area contributed by atoms with Crippen LogP contribution in [0, 0.1) is 0 Å². The lowest BCUT2D eigenvalue weighted by Gasteiger charge is -2.19. The van der Waals surface area contributed by atoms with E-state index in [0.717, 1.165) is 55.2 Å². The minimum Gasteiger partial charge on any atom is -0.494 e. The number of hydrogen-bond acceptors (Lipinski definition) is 3. The first-order valence-electron chi connectivity index (χ1n) is 7.31. The number of benzene rings is 1. The van der Waals surface area contributed by atoms with Crippen LogP contribution in [0.5, 0.6) is 5.75 Å². The van der Waals surface area contributed by atoms with E-state index >= 15 is 0 Å². The minimum atomic E-state index is 0.259. The molecule has 2 heterocycles. The molecule has 0 saturated heterocycles. The van der Waals surface area contributed by atoms with Crippen molar-refractivity contribution >= 4 is 0 Å². The topological polar surface area (TPSA) is 53.1 Å². The minimum absolute atomic E-state index is 0.259. The second-order valence-corrected chi connectivity index (χ2v) is 5.37. The molecule has 1 aliphatic heterocycles. The molecule has 0 aliphatic carbocycles. The van der Waals surface area contributed by atoms with Gasteiger partial charge in [0.2, 0.25) is 0 Å². The van der Waals surface area contributed by atoms with Gasteiger partial charge in [-0.15, -0.1) is 0 Å². The summed E-state index contributed by atoms with van der Waals surface area (Å²) in [6, 6.07) is 8.41.